The quantitative estimate of drug-likeness (QED) is 0.882. The summed E-state index contributed by atoms with van der Waals surface area (Å²) in [4.78, 5) is 14.5. The maximum absolute atomic E-state index is 12.5. The Morgan fingerprint density at radius 2 is 2.32 bits per heavy atom. The van der Waals surface area contributed by atoms with Crippen molar-refractivity contribution in [2.75, 3.05) is 6.54 Å². The first-order chi connectivity index (χ1) is 9.24. The molecule has 2 atom stereocenters. The van der Waals surface area contributed by atoms with Crippen LogP contribution in [-0.4, -0.2) is 35.5 Å². The molecule has 2 fully saturated rings. The number of carbonyl (C=O) groups excluding carboxylic acids is 1. The van der Waals surface area contributed by atoms with Crippen molar-refractivity contribution in [3.8, 4) is 0 Å². The number of carbonyl (C=O) groups is 1. The summed E-state index contributed by atoms with van der Waals surface area (Å²) in [7, 11) is 0. The van der Waals surface area contributed by atoms with Gasteiger partial charge in [-0.2, -0.15) is 0 Å². The molecule has 104 valence electrons. The van der Waals surface area contributed by atoms with Crippen LogP contribution in [0, 0.1) is 0 Å². The SMILES string of the molecule is CC(Cc1ccco1)N1CCCC(NC2CC2)C1=O. The van der Waals surface area contributed by atoms with Crippen molar-refractivity contribution in [1.29, 1.82) is 0 Å². The van der Waals surface area contributed by atoms with Gasteiger partial charge in [0.25, 0.3) is 0 Å². The minimum absolute atomic E-state index is 0.0419. The molecule has 1 aromatic rings. The third-order valence-corrected chi connectivity index (χ3v) is 4.10. The van der Waals surface area contributed by atoms with Crippen LogP contribution in [0.1, 0.15) is 38.4 Å². The standard InChI is InChI=1S/C15H22N2O2/c1-11(10-13-4-3-9-19-13)17-8-2-5-14(15(17)18)16-12-6-7-12/h3-4,9,11-12,14,16H,2,5-8,10H2,1H3. The van der Waals surface area contributed by atoms with Gasteiger partial charge in [0.1, 0.15) is 5.76 Å². The first-order valence-electron chi connectivity index (χ1n) is 7.33. The van der Waals surface area contributed by atoms with Gasteiger partial charge in [-0.3, -0.25) is 4.79 Å². The minimum Gasteiger partial charge on any atom is -0.469 e. The third kappa shape index (κ3) is 3.00. The van der Waals surface area contributed by atoms with Gasteiger partial charge in [-0.05, 0) is 44.7 Å². The minimum atomic E-state index is 0.0419. The van der Waals surface area contributed by atoms with Gasteiger partial charge in [0.15, 0.2) is 0 Å². The molecule has 0 spiro atoms. The number of piperidine rings is 1. The van der Waals surface area contributed by atoms with Crippen LogP contribution in [-0.2, 0) is 11.2 Å². The second kappa shape index (κ2) is 5.37. The normalized spacial score (nSPS) is 25.6. The van der Waals surface area contributed by atoms with Crippen molar-refractivity contribution in [3.63, 3.8) is 0 Å². The summed E-state index contributed by atoms with van der Waals surface area (Å²) >= 11 is 0. The lowest BCUT2D eigenvalue weighted by atomic mass is 10.0. The van der Waals surface area contributed by atoms with Crippen LogP contribution in [0.4, 0.5) is 0 Å². The molecule has 1 saturated carbocycles. The maximum Gasteiger partial charge on any atom is 0.239 e. The molecule has 2 heterocycles. The van der Waals surface area contributed by atoms with Crippen molar-refractivity contribution in [1.82, 2.24) is 10.2 Å². The van der Waals surface area contributed by atoms with Crippen LogP contribution in [0.5, 0.6) is 0 Å². The number of nitrogens with one attached hydrogen (secondary N) is 1. The molecular weight excluding hydrogens is 240 g/mol. The predicted octanol–water partition coefficient (Wildman–Crippen LogP) is 1.95. The average Bonchev–Trinajstić information content (AvgIpc) is 3.07. The summed E-state index contributed by atoms with van der Waals surface area (Å²) < 4.78 is 5.38. The van der Waals surface area contributed by atoms with E-state index in [1.165, 1.54) is 12.8 Å². The van der Waals surface area contributed by atoms with E-state index in [9.17, 15) is 4.79 Å². The van der Waals surface area contributed by atoms with E-state index in [0.29, 0.717) is 6.04 Å². The summed E-state index contributed by atoms with van der Waals surface area (Å²) in [5.41, 5.74) is 0. The molecular formula is C15H22N2O2. The van der Waals surface area contributed by atoms with Gasteiger partial charge in [0.05, 0.1) is 12.3 Å². The van der Waals surface area contributed by atoms with Crippen molar-refractivity contribution in [2.45, 2.75) is 57.2 Å². The van der Waals surface area contributed by atoms with Crippen LogP contribution in [0.3, 0.4) is 0 Å². The highest BCUT2D eigenvalue weighted by atomic mass is 16.3. The van der Waals surface area contributed by atoms with Gasteiger partial charge in [0.2, 0.25) is 5.91 Å². The van der Waals surface area contributed by atoms with Crippen molar-refractivity contribution < 1.29 is 9.21 Å². The maximum atomic E-state index is 12.5. The number of likely N-dealkylation sites (tertiary alicyclic amines) is 1. The number of rotatable bonds is 5. The number of hydrogen-bond acceptors (Lipinski definition) is 3. The molecule has 0 radical (unpaired) electrons. The van der Waals surface area contributed by atoms with Crippen molar-refractivity contribution >= 4 is 5.91 Å². The summed E-state index contributed by atoms with van der Waals surface area (Å²) in [5, 5.41) is 3.47. The van der Waals surface area contributed by atoms with Gasteiger partial charge in [0, 0.05) is 25.0 Å². The van der Waals surface area contributed by atoms with Crippen LogP contribution in [0.25, 0.3) is 0 Å². The Labute approximate surface area is 114 Å². The third-order valence-electron chi connectivity index (χ3n) is 4.10. The Morgan fingerprint density at radius 1 is 1.47 bits per heavy atom. The Morgan fingerprint density at radius 3 is 3.00 bits per heavy atom. The zero-order valence-electron chi connectivity index (χ0n) is 11.5. The Balaban J connectivity index is 1.60. The highest BCUT2D eigenvalue weighted by Gasteiger charge is 2.35. The van der Waals surface area contributed by atoms with E-state index in [1.54, 1.807) is 6.26 Å². The van der Waals surface area contributed by atoms with E-state index in [1.807, 2.05) is 17.0 Å². The molecule has 19 heavy (non-hydrogen) atoms. The topological polar surface area (TPSA) is 45.5 Å². The number of hydrogen-bond donors (Lipinski definition) is 1. The Bertz CT molecular complexity index is 425. The summed E-state index contributed by atoms with van der Waals surface area (Å²) in [5.74, 6) is 1.23. The summed E-state index contributed by atoms with van der Waals surface area (Å²) in [6.07, 6.45) is 7.03. The highest BCUT2D eigenvalue weighted by molar-refractivity contribution is 5.83. The molecule has 3 rings (SSSR count). The van der Waals surface area contributed by atoms with Crippen LogP contribution in [0.15, 0.2) is 22.8 Å². The van der Waals surface area contributed by atoms with Crippen LogP contribution in [0.2, 0.25) is 0 Å². The number of furan rings is 1. The fourth-order valence-electron chi connectivity index (χ4n) is 2.86. The van der Waals surface area contributed by atoms with Crippen LogP contribution < -0.4 is 5.32 Å². The second-order valence-corrected chi connectivity index (χ2v) is 5.80. The Kier molecular flexibility index (Phi) is 3.60. The summed E-state index contributed by atoms with van der Waals surface area (Å²) in [6, 6.07) is 4.72. The molecule has 1 aromatic heterocycles. The van der Waals surface area contributed by atoms with Gasteiger partial charge in [-0.1, -0.05) is 0 Å². The van der Waals surface area contributed by atoms with E-state index in [-0.39, 0.29) is 18.0 Å². The van der Waals surface area contributed by atoms with E-state index in [4.69, 9.17) is 4.42 Å². The molecule has 0 bridgehead atoms. The van der Waals surface area contributed by atoms with Gasteiger partial charge < -0.3 is 14.6 Å². The molecule has 1 amide bonds. The van der Waals surface area contributed by atoms with E-state index >= 15 is 0 Å². The zero-order chi connectivity index (χ0) is 13.2. The fourth-order valence-corrected chi connectivity index (χ4v) is 2.86. The molecule has 1 aliphatic heterocycles. The van der Waals surface area contributed by atoms with Crippen molar-refractivity contribution in [3.05, 3.63) is 24.2 Å². The van der Waals surface area contributed by atoms with Gasteiger partial charge >= 0.3 is 0 Å². The van der Waals surface area contributed by atoms with Crippen LogP contribution >= 0.6 is 0 Å². The molecule has 2 aliphatic rings. The van der Waals surface area contributed by atoms with E-state index < -0.39 is 0 Å². The predicted molar refractivity (Wildman–Crippen MR) is 72.8 cm³/mol. The molecule has 4 nitrogen and oxygen atoms in total. The summed E-state index contributed by atoms with van der Waals surface area (Å²) in [6.45, 7) is 2.99. The lowest BCUT2D eigenvalue weighted by Gasteiger charge is -2.36. The number of nitrogens with zero attached hydrogens (tertiary/aromatic N) is 1. The molecule has 2 unspecified atom stereocenters. The zero-order valence-corrected chi connectivity index (χ0v) is 11.5. The largest absolute Gasteiger partial charge is 0.469 e. The number of amides is 1. The molecule has 4 heteroatoms. The fraction of sp³-hybridized carbons (Fsp3) is 0.667. The van der Waals surface area contributed by atoms with E-state index in [0.717, 1.165) is 31.6 Å². The molecule has 1 aliphatic carbocycles. The first kappa shape index (κ1) is 12.7. The Hall–Kier alpha value is -1.29. The molecule has 0 aromatic carbocycles. The highest BCUT2D eigenvalue weighted by Crippen LogP contribution is 2.23. The van der Waals surface area contributed by atoms with Crippen molar-refractivity contribution in [2.24, 2.45) is 0 Å². The smallest absolute Gasteiger partial charge is 0.239 e. The van der Waals surface area contributed by atoms with Gasteiger partial charge in [-0.25, -0.2) is 0 Å². The monoisotopic (exact) mass is 262 g/mol. The second-order valence-electron chi connectivity index (χ2n) is 5.80. The lowest BCUT2D eigenvalue weighted by Crippen LogP contribution is -2.54. The first-order valence-corrected chi connectivity index (χ1v) is 7.33. The van der Waals surface area contributed by atoms with Gasteiger partial charge in [-0.15, -0.1) is 0 Å². The molecule has 1 saturated heterocycles. The lowest BCUT2D eigenvalue weighted by molar-refractivity contribution is -0.138. The average molecular weight is 262 g/mol. The van der Waals surface area contributed by atoms with E-state index in [2.05, 4.69) is 12.2 Å². The molecule has 1 N–H and O–H groups in total.